The van der Waals surface area contributed by atoms with Crippen LogP contribution < -0.4 is 0 Å². The van der Waals surface area contributed by atoms with Gasteiger partial charge in [-0.15, -0.1) is 0 Å². The molecule has 0 aliphatic heterocycles. The van der Waals surface area contributed by atoms with E-state index in [1.165, 1.54) is 42.4 Å². The lowest BCUT2D eigenvalue weighted by atomic mass is 10.00. The number of aryl methyl sites for hydroxylation is 2. The molecule has 32 heavy (non-hydrogen) atoms. The number of nitrogens with zero attached hydrogens (tertiary/aromatic N) is 1. The Balaban J connectivity index is 0.000000452. The molecule has 0 saturated heterocycles. The van der Waals surface area contributed by atoms with E-state index < -0.39 is 0 Å². The van der Waals surface area contributed by atoms with Gasteiger partial charge in [0.2, 0.25) is 0 Å². The van der Waals surface area contributed by atoms with Crippen LogP contribution in [-0.4, -0.2) is 12.0 Å². The molecule has 2 aromatic carbocycles. The van der Waals surface area contributed by atoms with Gasteiger partial charge in [0.25, 0.3) is 0 Å². The number of hydrogen-bond donors (Lipinski definition) is 0. The fourth-order valence-electron chi connectivity index (χ4n) is 3.03. The maximum atomic E-state index is 10.8. The summed E-state index contributed by atoms with van der Waals surface area (Å²) in [5.41, 5.74) is 4.61. The van der Waals surface area contributed by atoms with Gasteiger partial charge in [-0.05, 0) is 64.5 Å². The lowest BCUT2D eigenvalue weighted by molar-refractivity contribution is 0.101. The van der Waals surface area contributed by atoms with Crippen LogP contribution in [0.5, 0.6) is 0 Å². The van der Waals surface area contributed by atoms with Crippen LogP contribution in [0.15, 0.2) is 71.9 Å². The Morgan fingerprint density at radius 1 is 0.906 bits per heavy atom. The van der Waals surface area contributed by atoms with Gasteiger partial charge < -0.3 is 0 Å². The fourth-order valence-corrected chi connectivity index (χ4v) is 3.03. The van der Waals surface area contributed by atoms with Crippen LogP contribution in [0, 0.1) is 19.8 Å². The monoisotopic (exact) mass is 433 g/mol. The Morgan fingerprint density at radius 2 is 1.50 bits per heavy atom. The van der Waals surface area contributed by atoms with Crippen molar-refractivity contribution >= 4 is 18.1 Å². The Labute approximate surface area is 197 Å². The largest absolute Gasteiger partial charge is 0.295 e. The summed E-state index contributed by atoms with van der Waals surface area (Å²) in [7, 11) is 0. The number of carbonyl (C=O) groups excluding carboxylic acids is 1. The van der Waals surface area contributed by atoms with E-state index in [0.29, 0.717) is 5.92 Å². The van der Waals surface area contributed by atoms with E-state index in [1.54, 1.807) is 6.92 Å². The van der Waals surface area contributed by atoms with Crippen molar-refractivity contribution in [2.24, 2.45) is 10.9 Å². The third-order valence-corrected chi connectivity index (χ3v) is 4.84. The summed E-state index contributed by atoms with van der Waals surface area (Å²) >= 11 is 0. The van der Waals surface area contributed by atoms with Crippen molar-refractivity contribution in [3.8, 4) is 0 Å². The van der Waals surface area contributed by atoms with Gasteiger partial charge in [0, 0.05) is 18.0 Å². The van der Waals surface area contributed by atoms with Gasteiger partial charge in [-0.1, -0.05) is 99.0 Å². The molecule has 2 nitrogen and oxygen atoms in total. The van der Waals surface area contributed by atoms with Crippen molar-refractivity contribution in [1.29, 1.82) is 0 Å². The van der Waals surface area contributed by atoms with Gasteiger partial charge >= 0.3 is 0 Å². The van der Waals surface area contributed by atoms with Gasteiger partial charge in [-0.2, -0.15) is 0 Å². The molecule has 0 saturated carbocycles. The minimum absolute atomic E-state index is 0.125. The quantitative estimate of drug-likeness (QED) is 0.301. The lowest BCUT2D eigenvalue weighted by Gasteiger charge is -2.07. The highest BCUT2D eigenvalue weighted by Crippen LogP contribution is 2.10. The highest BCUT2D eigenvalue weighted by atomic mass is 16.1. The van der Waals surface area contributed by atoms with Gasteiger partial charge in [0.05, 0.1) is 0 Å². The van der Waals surface area contributed by atoms with Crippen LogP contribution >= 0.6 is 0 Å². The summed E-state index contributed by atoms with van der Waals surface area (Å²) in [6.45, 7) is 14.2. The first-order valence-electron chi connectivity index (χ1n) is 11.8. The van der Waals surface area contributed by atoms with Crippen molar-refractivity contribution in [2.75, 3.05) is 0 Å². The second-order valence-electron chi connectivity index (χ2n) is 7.90. The van der Waals surface area contributed by atoms with Crippen LogP contribution in [0.3, 0.4) is 0 Å². The molecule has 0 amide bonds. The summed E-state index contributed by atoms with van der Waals surface area (Å²) < 4.78 is 0. The maximum absolute atomic E-state index is 10.8. The summed E-state index contributed by atoms with van der Waals surface area (Å²) in [5.74, 6) is 0.816. The number of hydrogen-bond acceptors (Lipinski definition) is 2. The van der Waals surface area contributed by atoms with E-state index in [9.17, 15) is 4.79 Å². The smallest absolute Gasteiger partial charge is 0.159 e. The van der Waals surface area contributed by atoms with E-state index in [1.807, 2.05) is 57.3 Å². The van der Waals surface area contributed by atoms with Crippen molar-refractivity contribution in [1.82, 2.24) is 0 Å². The molecule has 0 aliphatic carbocycles. The molecule has 0 unspecified atom stereocenters. The molecule has 0 aromatic heterocycles. The van der Waals surface area contributed by atoms with Gasteiger partial charge in [0.15, 0.2) is 5.78 Å². The predicted molar refractivity (Wildman–Crippen MR) is 144 cm³/mol. The van der Waals surface area contributed by atoms with Crippen LogP contribution in [-0.2, 0) is 0 Å². The van der Waals surface area contributed by atoms with Crippen molar-refractivity contribution < 1.29 is 4.79 Å². The molecule has 0 spiro atoms. The minimum Gasteiger partial charge on any atom is -0.295 e. The van der Waals surface area contributed by atoms with E-state index in [2.05, 4.69) is 68.4 Å². The SMILES string of the molecule is C/C=C\N=CC(CCC)CCC.C/C=C\c1ccccc1C.CC(=O)c1ccc(C)cc1. The maximum Gasteiger partial charge on any atom is 0.159 e. The zero-order valence-electron chi connectivity index (χ0n) is 21.3. The molecule has 0 bridgehead atoms. The molecular weight excluding hydrogens is 390 g/mol. The fraction of sp³-hybridized carbons (Fsp3) is 0.400. The lowest BCUT2D eigenvalue weighted by Crippen LogP contribution is -2.00. The molecule has 2 aromatic rings. The number of ketones is 1. The molecule has 0 aliphatic rings. The molecule has 0 fully saturated rings. The standard InChI is InChI=1S/C11H21N.C10H12.C9H10O/c1-4-7-11(8-5-2)10-12-9-6-3;1-3-6-10-8-5-4-7-9(10)2;1-7-3-5-9(6-4-7)8(2)10/h6,9-11H,4-5,7-8H2,1-3H3;3-8H,1-2H3;3-6H,1-2H3/b9-6-,12-10?;6-3-;. The predicted octanol–water partition coefficient (Wildman–Crippen LogP) is 9.03. The average Bonchev–Trinajstić information content (AvgIpc) is 2.77. The van der Waals surface area contributed by atoms with Crippen molar-refractivity contribution in [3.05, 3.63) is 89.1 Å². The molecule has 0 atom stereocenters. The van der Waals surface area contributed by atoms with Gasteiger partial charge in [-0.3, -0.25) is 9.79 Å². The number of allylic oxidation sites excluding steroid dienone is 2. The number of Topliss-reactive ketones (excluding diaryl/α,β-unsaturated/α-hetero) is 1. The first kappa shape index (κ1) is 29.3. The van der Waals surface area contributed by atoms with Crippen LogP contribution in [0.1, 0.15) is 87.4 Å². The van der Waals surface area contributed by atoms with E-state index in [4.69, 9.17) is 0 Å². The summed E-state index contributed by atoms with van der Waals surface area (Å²) in [6, 6.07) is 15.9. The second kappa shape index (κ2) is 19.0. The first-order chi connectivity index (χ1) is 15.4. The van der Waals surface area contributed by atoms with E-state index in [-0.39, 0.29) is 5.78 Å². The van der Waals surface area contributed by atoms with Gasteiger partial charge in [-0.25, -0.2) is 0 Å². The summed E-state index contributed by atoms with van der Waals surface area (Å²) in [4.78, 5) is 15.0. The van der Waals surface area contributed by atoms with Crippen LogP contribution in [0.25, 0.3) is 6.08 Å². The Hall–Kier alpha value is -2.74. The third-order valence-electron chi connectivity index (χ3n) is 4.84. The summed E-state index contributed by atoms with van der Waals surface area (Å²) in [5, 5.41) is 0. The second-order valence-corrected chi connectivity index (χ2v) is 7.90. The molecule has 0 heterocycles. The molecule has 2 heteroatoms. The molecule has 174 valence electrons. The van der Waals surface area contributed by atoms with Gasteiger partial charge in [0.1, 0.15) is 0 Å². The third kappa shape index (κ3) is 14.3. The van der Waals surface area contributed by atoms with Crippen LogP contribution in [0.4, 0.5) is 0 Å². The molecule has 0 radical (unpaired) electrons. The Kier molecular flexibility index (Phi) is 17.4. The number of rotatable bonds is 8. The van der Waals surface area contributed by atoms with Crippen LogP contribution in [0.2, 0.25) is 0 Å². The van der Waals surface area contributed by atoms with Crippen molar-refractivity contribution in [3.63, 3.8) is 0 Å². The van der Waals surface area contributed by atoms with E-state index >= 15 is 0 Å². The van der Waals surface area contributed by atoms with Crippen molar-refractivity contribution in [2.45, 2.75) is 74.1 Å². The average molecular weight is 434 g/mol. The first-order valence-corrected chi connectivity index (χ1v) is 11.8. The minimum atomic E-state index is 0.125. The normalized spacial score (nSPS) is 10.9. The number of carbonyl (C=O) groups is 1. The molecular formula is C30H43NO. The number of aliphatic imine (C=N–C) groups is 1. The van der Waals surface area contributed by atoms with E-state index in [0.717, 1.165) is 5.56 Å². The Bertz CT molecular complexity index is 822. The zero-order valence-corrected chi connectivity index (χ0v) is 21.3. The zero-order chi connectivity index (χ0) is 24.2. The highest BCUT2D eigenvalue weighted by Gasteiger charge is 2.01. The highest BCUT2D eigenvalue weighted by molar-refractivity contribution is 5.93. The number of benzene rings is 2. The Morgan fingerprint density at radius 3 is 1.97 bits per heavy atom. The molecule has 0 N–H and O–H groups in total. The topological polar surface area (TPSA) is 29.4 Å². The summed E-state index contributed by atoms with van der Waals surface area (Å²) in [6.07, 6.45) is 15.2. The molecule has 2 rings (SSSR count).